The number of amides is 1. The van der Waals surface area contributed by atoms with Crippen molar-refractivity contribution in [1.29, 1.82) is 5.26 Å². The largest absolute Gasteiger partial charge is 0.480 e. The van der Waals surface area contributed by atoms with E-state index in [1.54, 1.807) is 30.3 Å². The Bertz CT molecular complexity index is 861. The van der Waals surface area contributed by atoms with Crippen LogP contribution in [0.3, 0.4) is 0 Å². The maximum absolute atomic E-state index is 12.1. The van der Waals surface area contributed by atoms with Gasteiger partial charge in [0.25, 0.3) is 5.91 Å². The van der Waals surface area contributed by atoms with E-state index >= 15 is 0 Å². The molecule has 0 aliphatic heterocycles. The van der Waals surface area contributed by atoms with Gasteiger partial charge in [-0.1, -0.05) is 23.7 Å². The quantitative estimate of drug-likeness (QED) is 0.784. The normalized spacial score (nSPS) is 11.2. The van der Waals surface area contributed by atoms with Gasteiger partial charge in [0, 0.05) is 5.69 Å². The molecule has 0 aliphatic rings. The zero-order valence-electron chi connectivity index (χ0n) is 14.3. The monoisotopic (exact) mass is 372 g/mol. The Kier molecular flexibility index (Phi) is 6.59. The highest BCUT2D eigenvalue weighted by Crippen LogP contribution is 2.25. The maximum atomic E-state index is 12.1. The highest BCUT2D eigenvalue weighted by Gasteiger charge is 2.18. The number of nitrogens with one attached hydrogen (secondary N) is 1. The first kappa shape index (κ1) is 19.3. The molecule has 1 N–H and O–H groups in total. The molecule has 0 saturated carbocycles. The number of carbonyl (C=O) groups excluding carboxylic acids is 2. The van der Waals surface area contributed by atoms with Crippen LogP contribution in [0.15, 0.2) is 42.5 Å². The van der Waals surface area contributed by atoms with Gasteiger partial charge in [-0.05, 0) is 49.7 Å². The average molecular weight is 373 g/mol. The number of aryl methyl sites for hydroxylation is 1. The molecule has 0 aliphatic carbocycles. The van der Waals surface area contributed by atoms with Gasteiger partial charge in [0.05, 0.1) is 16.7 Å². The minimum absolute atomic E-state index is 0.369. The van der Waals surface area contributed by atoms with Crippen LogP contribution in [-0.4, -0.2) is 24.6 Å². The summed E-state index contributed by atoms with van der Waals surface area (Å²) in [4.78, 5) is 24.0. The summed E-state index contributed by atoms with van der Waals surface area (Å²) < 4.78 is 10.4. The van der Waals surface area contributed by atoms with Crippen molar-refractivity contribution in [2.75, 3.05) is 11.9 Å². The van der Waals surface area contributed by atoms with Crippen LogP contribution < -0.4 is 10.1 Å². The smallest absolute Gasteiger partial charge is 0.344 e. The van der Waals surface area contributed by atoms with Crippen molar-refractivity contribution in [2.24, 2.45) is 0 Å². The number of esters is 1. The fourth-order valence-electron chi connectivity index (χ4n) is 2.05. The van der Waals surface area contributed by atoms with E-state index in [1.807, 2.05) is 19.1 Å². The Balaban J connectivity index is 1.86. The zero-order chi connectivity index (χ0) is 19.1. The summed E-state index contributed by atoms with van der Waals surface area (Å²) in [6, 6.07) is 13.6. The van der Waals surface area contributed by atoms with Gasteiger partial charge in [0.2, 0.25) is 0 Å². The van der Waals surface area contributed by atoms with Crippen LogP contribution in [0.5, 0.6) is 5.75 Å². The van der Waals surface area contributed by atoms with Crippen LogP contribution in [0.2, 0.25) is 5.02 Å². The van der Waals surface area contributed by atoms with Gasteiger partial charge in [-0.25, -0.2) is 4.79 Å². The number of carbonyl (C=O) groups is 2. The van der Waals surface area contributed by atoms with E-state index in [9.17, 15) is 9.59 Å². The molecule has 1 atom stereocenters. The van der Waals surface area contributed by atoms with Gasteiger partial charge in [-0.2, -0.15) is 5.26 Å². The van der Waals surface area contributed by atoms with Crippen molar-refractivity contribution in [2.45, 2.75) is 20.0 Å². The molecule has 0 fully saturated rings. The number of nitrogens with zero attached hydrogens (tertiary/aromatic N) is 1. The fourth-order valence-corrected chi connectivity index (χ4v) is 2.23. The van der Waals surface area contributed by atoms with Crippen molar-refractivity contribution in [1.82, 2.24) is 0 Å². The molecule has 0 radical (unpaired) electrons. The molecular formula is C19H17ClN2O4. The number of hydrogen-bond acceptors (Lipinski definition) is 5. The third-order valence-corrected chi connectivity index (χ3v) is 3.68. The Hall–Kier alpha value is -3.04. The summed E-state index contributed by atoms with van der Waals surface area (Å²) in [6.07, 6.45) is -1.02. The lowest BCUT2D eigenvalue weighted by Crippen LogP contribution is -2.31. The molecule has 26 heavy (non-hydrogen) atoms. The molecule has 134 valence electrons. The lowest BCUT2D eigenvalue weighted by atomic mass is 10.2. The van der Waals surface area contributed by atoms with Gasteiger partial charge in [-0.3, -0.25) is 4.79 Å². The van der Waals surface area contributed by atoms with Gasteiger partial charge in [-0.15, -0.1) is 0 Å². The third-order valence-electron chi connectivity index (χ3n) is 3.37. The molecule has 2 aromatic rings. The van der Waals surface area contributed by atoms with E-state index < -0.39 is 18.0 Å². The predicted octanol–water partition coefficient (Wildman–Crippen LogP) is 3.47. The second-order valence-electron chi connectivity index (χ2n) is 5.54. The highest BCUT2D eigenvalue weighted by atomic mass is 35.5. The Morgan fingerprint density at radius 1 is 1.27 bits per heavy atom. The fraction of sp³-hybridized carbons (Fsp3) is 0.211. The van der Waals surface area contributed by atoms with Crippen LogP contribution in [0.4, 0.5) is 5.69 Å². The Labute approximate surface area is 156 Å². The van der Waals surface area contributed by atoms with E-state index in [0.29, 0.717) is 22.0 Å². The topological polar surface area (TPSA) is 88.4 Å². The molecule has 0 heterocycles. The molecule has 0 bridgehead atoms. The molecule has 2 aromatic carbocycles. The van der Waals surface area contributed by atoms with Crippen LogP contribution in [0.1, 0.15) is 18.1 Å². The van der Waals surface area contributed by atoms with Crippen LogP contribution in [-0.2, 0) is 14.3 Å². The number of ether oxygens (including phenoxy) is 2. The molecule has 7 heteroatoms. The van der Waals surface area contributed by atoms with E-state index in [-0.39, 0.29) is 6.61 Å². The van der Waals surface area contributed by atoms with Crippen LogP contribution >= 0.6 is 11.6 Å². The molecule has 6 nitrogen and oxygen atoms in total. The van der Waals surface area contributed by atoms with Gasteiger partial charge >= 0.3 is 5.97 Å². The number of nitriles is 1. The van der Waals surface area contributed by atoms with Gasteiger partial charge in [0.15, 0.2) is 12.7 Å². The SMILES string of the molecule is Cc1ccc(Cl)c(OCC(=O)O[C@@H](C)C(=O)Nc2cccc(C#N)c2)c1. The molecular weight excluding hydrogens is 356 g/mol. The van der Waals surface area contributed by atoms with Crippen molar-refractivity contribution in [3.8, 4) is 11.8 Å². The first-order chi connectivity index (χ1) is 12.4. The molecule has 1 amide bonds. The van der Waals surface area contributed by atoms with Crippen molar-refractivity contribution < 1.29 is 19.1 Å². The van der Waals surface area contributed by atoms with E-state index in [4.69, 9.17) is 26.3 Å². The summed E-state index contributed by atoms with van der Waals surface area (Å²) in [5.41, 5.74) is 1.79. The first-order valence-electron chi connectivity index (χ1n) is 7.78. The Morgan fingerprint density at radius 2 is 2.04 bits per heavy atom. The third kappa shape index (κ3) is 5.50. The highest BCUT2D eigenvalue weighted by molar-refractivity contribution is 6.32. The predicted molar refractivity (Wildman–Crippen MR) is 97.0 cm³/mol. The second-order valence-corrected chi connectivity index (χ2v) is 5.94. The molecule has 0 saturated heterocycles. The van der Waals surface area contributed by atoms with E-state index in [0.717, 1.165) is 5.56 Å². The number of hydrogen-bond donors (Lipinski definition) is 1. The summed E-state index contributed by atoms with van der Waals surface area (Å²) in [5.74, 6) is -0.841. The summed E-state index contributed by atoms with van der Waals surface area (Å²) in [7, 11) is 0. The van der Waals surface area contributed by atoms with Gasteiger partial charge in [0.1, 0.15) is 5.75 Å². The lowest BCUT2D eigenvalue weighted by Gasteiger charge is -2.14. The zero-order valence-corrected chi connectivity index (χ0v) is 15.0. The molecule has 0 aromatic heterocycles. The standard InChI is InChI=1S/C19H17ClN2O4/c1-12-6-7-16(20)17(8-12)25-11-18(23)26-13(2)19(24)22-15-5-3-4-14(9-15)10-21/h3-9,13H,11H2,1-2H3,(H,22,24)/t13-/m0/s1. The lowest BCUT2D eigenvalue weighted by molar-refractivity contribution is -0.155. The maximum Gasteiger partial charge on any atom is 0.344 e. The minimum atomic E-state index is -1.02. The minimum Gasteiger partial charge on any atom is -0.480 e. The van der Waals surface area contributed by atoms with E-state index in [2.05, 4.69) is 5.32 Å². The number of benzene rings is 2. The summed E-state index contributed by atoms with van der Waals surface area (Å²) in [6.45, 7) is 2.95. The molecule has 0 unspecified atom stereocenters. The average Bonchev–Trinajstić information content (AvgIpc) is 2.62. The second kappa shape index (κ2) is 8.88. The number of anilines is 1. The summed E-state index contributed by atoms with van der Waals surface area (Å²) >= 11 is 5.99. The van der Waals surface area contributed by atoms with E-state index in [1.165, 1.54) is 13.0 Å². The van der Waals surface area contributed by atoms with Crippen molar-refractivity contribution >= 4 is 29.2 Å². The van der Waals surface area contributed by atoms with Crippen molar-refractivity contribution in [3.05, 3.63) is 58.6 Å². The van der Waals surface area contributed by atoms with Crippen molar-refractivity contribution in [3.63, 3.8) is 0 Å². The number of rotatable bonds is 6. The van der Waals surface area contributed by atoms with Crippen LogP contribution in [0, 0.1) is 18.3 Å². The first-order valence-corrected chi connectivity index (χ1v) is 8.16. The summed E-state index contributed by atoms with van der Waals surface area (Å²) in [5, 5.41) is 11.8. The molecule has 2 rings (SSSR count). The van der Waals surface area contributed by atoms with Crippen LogP contribution in [0.25, 0.3) is 0 Å². The molecule has 0 spiro atoms. The number of halogens is 1. The Morgan fingerprint density at radius 3 is 2.77 bits per heavy atom. The van der Waals surface area contributed by atoms with Gasteiger partial charge < -0.3 is 14.8 Å².